The van der Waals surface area contributed by atoms with E-state index in [0.29, 0.717) is 38.4 Å². The van der Waals surface area contributed by atoms with Crippen LogP contribution in [0.25, 0.3) is 0 Å². The first-order valence-corrected chi connectivity index (χ1v) is 10.4. The van der Waals surface area contributed by atoms with Crippen LogP contribution in [0.3, 0.4) is 0 Å². The van der Waals surface area contributed by atoms with Gasteiger partial charge in [-0.3, -0.25) is 19.7 Å². The molecule has 1 saturated heterocycles. The molecule has 1 N–H and O–H groups in total. The number of aromatic nitrogens is 1. The van der Waals surface area contributed by atoms with Gasteiger partial charge in [0.2, 0.25) is 5.91 Å². The summed E-state index contributed by atoms with van der Waals surface area (Å²) in [7, 11) is 2.90. The summed E-state index contributed by atoms with van der Waals surface area (Å²) >= 11 is 0. The fraction of sp³-hybridized carbons (Fsp3) is 0.409. The molecule has 1 aromatic carbocycles. The van der Waals surface area contributed by atoms with Gasteiger partial charge in [-0.05, 0) is 25.0 Å². The lowest BCUT2D eigenvalue weighted by molar-refractivity contribution is -0.385. The Balaban J connectivity index is 1.70. The third kappa shape index (κ3) is 5.95. The Morgan fingerprint density at radius 3 is 2.55 bits per heavy atom. The number of piperidine rings is 1. The SMILES string of the molecule is COCCOc1cc([N+](=O)[O-])c(C(=O)N2CCC(C(=O)Nc3ccccn3)CC2)cc1OC. The van der Waals surface area contributed by atoms with Gasteiger partial charge in [0.05, 0.1) is 24.7 Å². The number of anilines is 1. The average Bonchev–Trinajstić information content (AvgIpc) is 2.84. The third-order valence-corrected chi connectivity index (χ3v) is 5.32. The van der Waals surface area contributed by atoms with E-state index in [1.54, 1.807) is 24.4 Å². The van der Waals surface area contributed by atoms with E-state index in [0.717, 1.165) is 0 Å². The first kappa shape index (κ1) is 23.9. The molecule has 0 unspecified atom stereocenters. The molecule has 1 fully saturated rings. The van der Waals surface area contributed by atoms with Crippen LogP contribution in [0.4, 0.5) is 11.5 Å². The highest BCUT2D eigenvalue weighted by atomic mass is 16.6. The number of rotatable bonds is 9. The molecule has 0 radical (unpaired) electrons. The maximum Gasteiger partial charge on any atom is 0.286 e. The van der Waals surface area contributed by atoms with Crippen molar-refractivity contribution in [3.8, 4) is 11.5 Å². The van der Waals surface area contributed by atoms with Crippen molar-refractivity contribution < 1.29 is 28.7 Å². The molecule has 2 heterocycles. The first-order valence-electron chi connectivity index (χ1n) is 10.4. The van der Waals surface area contributed by atoms with Crippen LogP contribution >= 0.6 is 0 Å². The Morgan fingerprint density at radius 1 is 1.18 bits per heavy atom. The van der Waals surface area contributed by atoms with Crippen molar-refractivity contribution in [3.05, 3.63) is 52.2 Å². The minimum Gasteiger partial charge on any atom is -0.493 e. The zero-order valence-corrected chi connectivity index (χ0v) is 18.5. The van der Waals surface area contributed by atoms with E-state index in [1.807, 2.05) is 0 Å². The number of amides is 2. The number of nitrogens with zero attached hydrogens (tertiary/aromatic N) is 3. The van der Waals surface area contributed by atoms with Crippen LogP contribution in [-0.2, 0) is 9.53 Å². The summed E-state index contributed by atoms with van der Waals surface area (Å²) in [6, 6.07) is 7.74. The normalized spacial score (nSPS) is 13.9. The molecule has 2 amide bonds. The number of ether oxygens (including phenoxy) is 3. The van der Waals surface area contributed by atoms with Gasteiger partial charge < -0.3 is 24.4 Å². The highest BCUT2D eigenvalue weighted by molar-refractivity contribution is 5.99. The number of nitro groups is 1. The van der Waals surface area contributed by atoms with Crippen molar-refractivity contribution in [1.29, 1.82) is 0 Å². The summed E-state index contributed by atoms with van der Waals surface area (Å²) in [5, 5.41) is 14.4. The Morgan fingerprint density at radius 2 is 1.94 bits per heavy atom. The molecular formula is C22H26N4O7. The molecule has 176 valence electrons. The second-order valence-corrected chi connectivity index (χ2v) is 7.39. The number of likely N-dealkylation sites (tertiary alicyclic amines) is 1. The lowest BCUT2D eigenvalue weighted by atomic mass is 9.95. The molecule has 1 aliphatic rings. The van der Waals surface area contributed by atoms with Crippen LogP contribution < -0.4 is 14.8 Å². The number of carbonyl (C=O) groups is 2. The van der Waals surface area contributed by atoms with Gasteiger partial charge in [0.1, 0.15) is 18.0 Å². The van der Waals surface area contributed by atoms with E-state index in [-0.39, 0.29) is 41.2 Å². The zero-order valence-electron chi connectivity index (χ0n) is 18.5. The number of carbonyl (C=O) groups excluding carboxylic acids is 2. The van der Waals surface area contributed by atoms with Crippen molar-refractivity contribution in [2.45, 2.75) is 12.8 Å². The Kier molecular flexibility index (Phi) is 8.14. The van der Waals surface area contributed by atoms with Crippen molar-refractivity contribution in [2.75, 3.05) is 45.8 Å². The number of pyridine rings is 1. The molecule has 2 aromatic rings. The predicted molar refractivity (Wildman–Crippen MR) is 119 cm³/mol. The van der Waals surface area contributed by atoms with E-state index in [1.165, 1.54) is 31.3 Å². The van der Waals surface area contributed by atoms with Gasteiger partial charge in [0.25, 0.3) is 11.6 Å². The van der Waals surface area contributed by atoms with Crippen LogP contribution in [0.2, 0.25) is 0 Å². The van der Waals surface area contributed by atoms with Gasteiger partial charge in [0.15, 0.2) is 11.5 Å². The highest BCUT2D eigenvalue weighted by Gasteiger charge is 2.32. The molecule has 0 saturated carbocycles. The summed E-state index contributed by atoms with van der Waals surface area (Å²) in [6.07, 6.45) is 2.47. The maximum absolute atomic E-state index is 13.1. The van der Waals surface area contributed by atoms with Crippen LogP contribution in [0.15, 0.2) is 36.5 Å². The topological polar surface area (TPSA) is 133 Å². The molecule has 11 heteroatoms. The molecule has 0 atom stereocenters. The summed E-state index contributed by atoms with van der Waals surface area (Å²) in [5.74, 6) is -0.0981. The monoisotopic (exact) mass is 458 g/mol. The van der Waals surface area contributed by atoms with Gasteiger partial charge in [-0.1, -0.05) is 6.07 Å². The summed E-state index contributed by atoms with van der Waals surface area (Å²) < 4.78 is 15.7. The molecule has 0 aliphatic carbocycles. The number of hydrogen-bond donors (Lipinski definition) is 1. The highest BCUT2D eigenvalue weighted by Crippen LogP contribution is 2.36. The zero-order chi connectivity index (χ0) is 23.8. The molecule has 3 rings (SSSR count). The molecule has 0 bridgehead atoms. The van der Waals surface area contributed by atoms with E-state index in [2.05, 4.69) is 10.3 Å². The van der Waals surface area contributed by atoms with Crippen molar-refractivity contribution in [1.82, 2.24) is 9.88 Å². The molecule has 33 heavy (non-hydrogen) atoms. The maximum atomic E-state index is 13.1. The lowest BCUT2D eigenvalue weighted by Crippen LogP contribution is -2.41. The van der Waals surface area contributed by atoms with E-state index in [4.69, 9.17) is 14.2 Å². The average molecular weight is 458 g/mol. The van der Waals surface area contributed by atoms with Crippen LogP contribution in [0.5, 0.6) is 11.5 Å². The van der Waals surface area contributed by atoms with Gasteiger partial charge in [-0.15, -0.1) is 0 Å². The van der Waals surface area contributed by atoms with Crippen LogP contribution in [0.1, 0.15) is 23.2 Å². The Hall–Kier alpha value is -3.73. The fourth-order valence-corrected chi connectivity index (χ4v) is 3.56. The predicted octanol–water partition coefficient (Wildman–Crippen LogP) is 2.51. The van der Waals surface area contributed by atoms with Crippen molar-refractivity contribution in [3.63, 3.8) is 0 Å². The van der Waals surface area contributed by atoms with Crippen molar-refractivity contribution >= 4 is 23.3 Å². The number of hydrogen-bond acceptors (Lipinski definition) is 8. The summed E-state index contributed by atoms with van der Waals surface area (Å²) in [4.78, 5) is 42.3. The minimum absolute atomic E-state index is 0.0904. The molecule has 1 aromatic heterocycles. The Labute approximate surface area is 190 Å². The summed E-state index contributed by atoms with van der Waals surface area (Å²) in [5.41, 5.74) is -0.462. The van der Waals surface area contributed by atoms with Crippen LogP contribution in [-0.4, -0.2) is 67.1 Å². The standard InChI is InChI=1S/C22H26N4O7/c1-31-11-12-33-19-14-17(26(29)30)16(13-18(19)32-2)22(28)25-9-6-15(7-10-25)21(27)24-20-5-3-4-8-23-20/h3-5,8,13-15H,6-7,9-12H2,1-2H3,(H,23,24,27). The number of benzene rings is 1. The van der Waals surface area contributed by atoms with E-state index >= 15 is 0 Å². The number of nitro benzene ring substituents is 1. The van der Waals surface area contributed by atoms with E-state index in [9.17, 15) is 19.7 Å². The Bertz CT molecular complexity index is 992. The first-order chi connectivity index (χ1) is 15.9. The van der Waals surface area contributed by atoms with Crippen molar-refractivity contribution in [2.24, 2.45) is 5.92 Å². The van der Waals surface area contributed by atoms with Gasteiger partial charge in [0, 0.05) is 38.4 Å². The van der Waals surface area contributed by atoms with E-state index < -0.39 is 10.8 Å². The molecule has 1 aliphatic heterocycles. The second kappa shape index (κ2) is 11.2. The number of nitrogens with one attached hydrogen (secondary N) is 1. The molecular weight excluding hydrogens is 432 g/mol. The molecule has 11 nitrogen and oxygen atoms in total. The van der Waals surface area contributed by atoms with Gasteiger partial charge >= 0.3 is 0 Å². The smallest absolute Gasteiger partial charge is 0.286 e. The number of methoxy groups -OCH3 is 2. The summed E-state index contributed by atoms with van der Waals surface area (Å²) in [6.45, 7) is 1.06. The largest absolute Gasteiger partial charge is 0.493 e. The lowest BCUT2D eigenvalue weighted by Gasteiger charge is -2.31. The fourth-order valence-electron chi connectivity index (χ4n) is 3.56. The molecule has 0 spiro atoms. The van der Waals surface area contributed by atoms with Gasteiger partial charge in [-0.25, -0.2) is 4.98 Å². The second-order valence-electron chi connectivity index (χ2n) is 7.39. The van der Waals surface area contributed by atoms with Crippen LogP contribution in [0, 0.1) is 16.0 Å². The minimum atomic E-state index is -0.622. The van der Waals surface area contributed by atoms with Gasteiger partial charge in [-0.2, -0.15) is 0 Å². The quantitative estimate of drug-likeness (QED) is 0.344. The third-order valence-electron chi connectivity index (χ3n) is 5.32.